The van der Waals surface area contributed by atoms with Gasteiger partial charge < -0.3 is 4.90 Å². The van der Waals surface area contributed by atoms with E-state index in [1.165, 1.54) is 4.90 Å². The van der Waals surface area contributed by atoms with E-state index < -0.39 is 22.3 Å². The lowest BCUT2D eigenvalue weighted by atomic mass is 10.2. The zero-order valence-corrected chi connectivity index (χ0v) is 18.6. The molecule has 8 nitrogen and oxygen atoms in total. The molecule has 3 heterocycles. The summed E-state index contributed by atoms with van der Waals surface area (Å²) in [4.78, 5) is 9.90. The molecule has 0 radical (unpaired) electrons. The molecule has 31 heavy (non-hydrogen) atoms. The third kappa shape index (κ3) is 4.53. The largest absolute Gasteiger partial charge is 0.348 e. The Balaban J connectivity index is 1.77. The number of sulfone groups is 1. The fraction of sp³-hybridized carbons (Fsp3) is 0.474. The second-order valence-electron chi connectivity index (χ2n) is 8.15. The second-order valence-corrected chi connectivity index (χ2v) is 10.5. The van der Waals surface area contributed by atoms with Gasteiger partial charge in [-0.05, 0) is 17.5 Å². The molecule has 2 aliphatic heterocycles. The summed E-state index contributed by atoms with van der Waals surface area (Å²) in [6.07, 6.45) is -0.323. The first-order valence-corrected chi connectivity index (χ1v) is 11.9. The Kier molecular flexibility index (Phi) is 5.69. The number of benzene rings is 1. The predicted molar refractivity (Wildman–Crippen MR) is 115 cm³/mol. The van der Waals surface area contributed by atoms with E-state index in [0.29, 0.717) is 10.7 Å². The normalized spacial score (nSPS) is 17.9. The van der Waals surface area contributed by atoms with Crippen molar-refractivity contribution in [3.8, 4) is 0 Å². The lowest BCUT2D eigenvalue weighted by molar-refractivity contribution is 0.0256. The molecule has 0 atom stereocenters. The number of aromatic nitrogens is 2. The molecule has 1 saturated heterocycles. The molecule has 0 unspecified atom stereocenters. The summed E-state index contributed by atoms with van der Waals surface area (Å²) >= 11 is 6.26. The molecule has 0 spiro atoms. The van der Waals surface area contributed by atoms with Crippen LogP contribution in [0.1, 0.15) is 25.8 Å². The van der Waals surface area contributed by atoms with E-state index in [4.69, 9.17) is 11.6 Å². The smallest absolute Gasteiger partial charge is 0.266 e. The van der Waals surface area contributed by atoms with Gasteiger partial charge in [0, 0.05) is 18.0 Å². The number of fused-ring (bicyclic) bond motifs is 1. The van der Waals surface area contributed by atoms with Gasteiger partial charge >= 0.3 is 0 Å². The number of hydrogen-bond acceptors (Lipinski definition) is 8. The molecule has 168 valence electrons. The quantitative estimate of drug-likeness (QED) is 0.619. The summed E-state index contributed by atoms with van der Waals surface area (Å²) in [5.41, 5.74) is 6.96. The van der Waals surface area contributed by atoms with Gasteiger partial charge in [0.25, 0.3) is 11.1 Å². The van der Waals surface area contributed by atoms with Crippen LogP contribution in [0.2, 0.25) is 5.02 Å². The van der Waals surface area contributed by atoms with E-state index in [1.54, 1.807) is 31.0 Å². The lowest BCUT2D eigenvalue weighted by Crippen LogP contribution is -2.35. The minimum atomic E-state index is -3.81. The van der Waals surface area contributed by atoms with Gasteiger partial charge in [-0.3, -0.25) is 10.4 Å². The number of nitrogens with zero attached hydrogens (tertiary/aromatic N) is 4. The highest BCUT2D eigenvalue weighted by Crippen LogP contribution is 2.40. The summed E-state index contributed by atoms with van der Waals surface area (Å²) in [5.74, 6) is -2.75. The van der Waals surface area contributed by atoms with Gasteiger partial charge in [-0.1, -0.05) is 43.6 Å². The number of hydrogen-bond donors (Lipinski definition) is 2. The standard InChI is InChI=1S/C19H23ClF2N6O2S/c1-12(2)10-31(29,30)18-23-16(27-8-7-19(21,22)11-27)15-17(24-18)28(26-25-15)9-13-5-3-4-6-14(13)20/h3-6,12,25-26H,7-11H2,1-2H3. The van der Waals surface area contributed by atoms with Crippen molar-refractivity contribution in [2.24, 2.45) is 5.92 Å². The lowest BCUT2D eigenvalue weighted by Gasteiger charge is -2.21. The van der Waals surface area contributed by atoms with Crippen LogP contribution in [0.3, 0.4) is 0 Å². The summed E-state index contributed by atoms with van der Waals surface area (Å²) in [6.45, 7) is 3.36. The van der Waals surface area contributed by atoms with Crippen molar-refractivity contribution in [2.75, 3.05) is 34.2 Å². The predicted octanol–water partition coefficient (Wildman–Crippen LogP) is 3.26. The Morgan fingerprint density at radius 3 is 2.58 bits per heavy atom. The van der Waals surface area contributed by atoms with Gasteiger partial charge in [-0.25, -0.2) is 17.2 Å². The molecule has 12 heteroatoms. The van der Waals surface area contributed by atoms with E-state index in [1.807, 2.05) is 12.1 Å². The van der Waals surface area contributed by atoms with Crippen molar-refractivity contribution in [1.29, 1.82) is 0 Å². The first-order chi connectivity index (χ1) is 14.6. The van der Waals surface area contributed by atoms with Crippen LogP contribution in [0.25, 0.3) is 0 Å². The van der Waals surface area contributed by atoms with Crippen LogP contribution >= 0.6 is 11.6 Å². The van der Waals surface area contributed by atoms with E-state index in [-0.39, 0.29) is 48.0 Å². The molecule has 2 aliphatic rings. The highest BCUT2D eigenvalue weighted by Gasteiger charge is 2.41. The first kappa shape index (κ1) is 22.0. The van der Waals surface area contributed by atoms with Crippen molar-refractivity contribution in [2.45, 2.75) is 37.9 Å². The topological polar surface area (TPSA) is 90.5 Å². The molecule has 2 aromatic rings. The Morgan fingerprint density at radius 1 is 1.23 bits per heavy atom. The van der Waals surface area contributed by atoms with E-state index >= 15 is 0 Å². The molecule has 4 rings (SSSR count). The summed E-state index contributed by atoms with van der Waals surface area (Å²) in [7, 11) is -3.81. The summed E-state index contributed by atoms with van der Waals surface area (Å²) in [6, 6.07) is 7.22. The van der Waals surface area contributed by atoms with Crippen LogP contribution in [0.15, 0.2) is 29.4 Å². The number of hydrazine groups is 2. The average molecular weight is 473 g/mol. The fourth-order valence-electron chi connectivity index (χ4n) is 3.61. The second kappa shape index (κ2) is 8.03. The Bertz CT molecular complexity index is 1100. The van der Waals surface area contributed by atoms with Crippen LogP contribution in [0.5, 0.6) is 0 Å². The maximum Gasteiger partial charge on any atom is 0.266 e. The maximum atomic E-state index is 13.9. The minimum Gasteiger partial charge on any atom is -0.348 e. The van der Waals surface area contributed by atoms with Crippen molar-refractivity contribution >= 4 is 38.8 Å². The maximum absolute atomic E-state index is 13.9. The van der Waals surface area contributed by atoms with Crippen molar-refractivity contribution in [3.05, 3.63) is 34.9 Å². The third-order valence-electron chi connectivity index (χ3n) is 5.01. The number of halogens is 3. The van der Waals surface area contributed by atoms with Gasteiger partial charge in [-0.15, -0.1) is 5.53 Å². The highest BCUT2D eigenvalue weighted by atomic mass is 35.5. The highest BCUT2D eigenvalue weighted by molar-refractivity contribution is 7.91. The third-order valence-corrected chi connectivity index (χ3v) is 7.22. The molecule has 0 bridgehead atoms. The average Bonchev–Trinajstić information content (AvgIpc) is 3.25. The molecular formula is C19H23ClF2N6O2S. The zero-order chi connectivity index (χ0) is 22.4. The van der Waals surface area contributed by atoms with Crippen LogP contribution < -0.4 is 20.9 Å². The summed E-state index contributed by atoms with van der Waals surface area (Å²) in [5, 5.41) is 1.75. The van der Waals surface area contributed by atoms with E-state index in [2.05, 4.69) is 20.9 Å². The van der Waals surface area contributed by atoms with Crippen LogP contribution in [0, 0.1) is 5.92 Å². The van der Waals surface area contributed by atoms with Gasteiger partial charge in [0.1, 0.15) is 5.69 Å². The molecular weight excluding hydrogens is 450 g/mol. The number of nitrogens with one attached hydrogen (secondary N) is 2. The Morgan fingerprint density at radius 2 is 1.94 bits per heavy atom. The van der Waals surface area contributed by atoms with Crippen molar-refractivity contribution < 1.29 is 17.2 Å². The molecule has 0 amide bonds. The van der Waals surface area contributed by atoms with Crippen LogP contribution in [0.4, 0.5) is 26.1 Å². The minimum absolute atomic E-state index is 0.0618. The Hall–Kier alpha value is -2.24. The van der Waals surface area contributed by atoms with Crippen LogP contribution in [-0.4, -0.2) is 43.2 Å². The van der Waals surface area contributed by atoms with Gasteiger partial charge in [0.2, 0.25) is 9.84 Å². The number of alkyl halides is 2. The SMILES string of the molecule is CC(C)CS(=O)(=O)c1nc(N2CCC(F)(F)C2)c2c(n1)N(Cc1ccccc1Cl)NN2. The number of anilines is 3. The van der Waals surface area contributed by atoms with Crippen molar-refractivity contribution in [3.63, 3.8) is 0 Å². The van der Waals surface area contributed by atoms with Gasteiger partial charge in [0.15, 0.2) is 11.6 Å². The zero-order valence-electron chi connectivity index (χ0n) is 17.1. The van der Waals surface area contributed by atoms with E-state index in [9.17, 15) is 17.2 Å². The first-order valence-electron chi connectivity index (χ1n) is 9.86. The number of rotatable bonds is 6. The molecule has 0 aliphatic carbocycles. The van der Waals surface area contributed by atoms with Crippen molar-refractivity contribution in [1.82, 2.24) is 15.5 Å². The summed E-state index contributed by atoms with van der Waals surface area (Å²) < 4.78 is 53.5. The molecule has 1 aromatic carbocycles. The van der Waals surface area contributed by atoms with Gasteiger partial charge in [0.05, 0.1) is 18.8 Å². The monoisotopic (exact) mass is 472 g/mol. The van der Waals surface area contributed by atoms with E-state index in [0.717, 1.165) is 5.56 Å². The van der Waals surface area contributed by atoms with Crippen LogP contribution in [-0.2, 0) is 16.4 Å². The fourth-order valence-corrected chi connectivity index (χ4v) is 5.28. The molecule has 1 fully saturated rings. The Labute approximate surface area is 184 Å². The molecule has 2 N–H and O–H groups in total. The molecule has 0 saturated carbocycles. The molecule has 1 aromatic heterocycles. The van der Waals surface area contributed by atoms with Gasteiger partial charge in [-0.2, -0.15) is 9.97 Å².